The zero-order chi connectivity index (χ0) is 17.5. The van der Waals surface area contributed by atoms with Crippen molar-refractivity contribution in [1.29, 1.82) is 0 Å². The Morgan fingerprint density at radius 3 is 2.08 bits per heavy atom. The molecule has 1 aliphatic heterocycles. The van der Waals surface area contributed by atoms with E-state index in [4.69, 9.17) is 0 Å². The van der Waals surface area contributed by atoms with Crippen LogP contribution in [0.3, 0.4) is 0 Å². The Morgan fingerprint density at radius 1 is 1.04 bits per heavy atom. The first-order chi connectivity index (χ1) is 12.2. The summed E-state index contributed by atoms with van der Waals surface area (Å²) in [6, 6.07) is 20.6. The van der Waals surface area contributed by atoms with E-state index in [1.165, 1.54) is 16.7 Å². The summed E-state index contributed by atoms with van der Waals surface area (Å²) < 4.78 is 0. The van der Waals surface area contributed by atoms with Gasteiger partial charge in [0.15, 0.2) is 0 Å². The summed E-state index contributed by atoms with van der Waals surface area (Å²) in [7, 11) is 0. The van der Waals surface area contributed by atoms with Crippen LogP contribution in [0.2, 0.25) is 0 Å². The number of carboxylic acid groups (broad SMARTS) is 1. The molecule has 0 radical (unpaired) electrons. The maximum atomic E-state index is 11.8. The highest BCUT2D eigenvalue weighted by Crippen LogP contribution is 2.33. The molecular formula is C22H26ClNO2. The third-order valence-corrected chi connectivity index (χ3v) is 5.07. The number of aliphatic carboxylic acids is 1. The van der Waals surface area contributed by atoms with Crippen LogP contribution in [-0.4, -0.2) is 24.2 Å². The minimum absolute atomic E-state index is 0. The van der Waals surface area contributed by atoms with Crippen LogP contribution in [0, 0.1) is 5.41 Å². The van der Waals surface area contributed by atoms with E-state index < -0.39 is 11.4 Å². The molecule has 0 amide bonds. The zero-order valence-corrected chi connectivity index (χ0v) is 15.7. The van der Waals surface area contributed by atoms with E-state index in [2.05, 4.69) is 35.7 Å². The third kappa shape index (κ3) is 4.75. The number of piperidine rings is 1. The lowest BCUT2D eigenvalue weighted by molar-refractivity contribution is -0.150. The number of halogens is 1. The molecule has 0 spiro atoms. The summed E-state index contributed by atoms with van der Waals surface area (Å²) in [4.78, 5) is 11.8. The second kappa shape index (κ2) is 9.56. The quantitative estimate of drug-likeness (QED) is 0.768. The van der Waals surface area contributed by atoms with Crippen molar-refractivity contribution in [2.75, 3.05) is 13.1 Å². The van der Waals surface area contributed by atoms with Crippen molar-refractivity contribution in [3.8, 4) is 0 Å². The normalized spacial score (nSPS) is 19.2. The zero-order valence-electron chi connectivity index (χ0n) is 14.9. The Balaban J connectivity index is 0.00000243. The first-order valence-electron chi connectivity index (χ1n) is 8.96. The maximum absolute atomic E-state index is 11.8. The van der Waals surface area contributed by atoms with Crippen molar-refractivity contribution in [3.05, 3.63) is 77.9 Å². The lowest BCUT2D eigenvalue weighted by Gasteiger charge is -2.33. The average Bonchev–Trinajstić information content (AvgIpc) is 2.67. The van der Waals surface area contributed by atoms with Crippen molar-refractivity contribution in [2.45, 2.75) is 25.7 Å². The van der Waals surface area contributed by atoms with Gasteiger partial charge in [-0.25, -0.2) is 0 Å². The fourth-order valence-electron chi connectivity index (χ4n) is 3.60. The van der Waals surface area contributed by atoms with E-state index in [-0.39, 0.29) is 12.4 Å². The molecule has 2 aromatic rings. The minimum atomic E-state index is -0.672. The van der Waals surface area contributed by atoms with E-state index in [0.717, 1.165) is 25.8 Å². The van der Waals surface area contributed by atoms with Gasteiger partial charge in [-0.05, 0) is 48.9 Å². The van der Waals surface area contributed by atoms with Gasteiger partial charge in [0.05, 0.1) is 5.41 Å². The van der Waals surface area contributed by atoms with Gasteiger partial charge in [0.25, 0.3) is 0 Å². The van der Waals surface area contributed by atoms with Gasteiger partial charge in [0, 0.05) is 6.54 Å². The molecule has 0 aliphatic carbocycles. The molecule has 0 aromatic heterocycles. The Morgan fingerprint density at radius 2 is 1.62 bits per heavy atom. The number of nitrogens with one attached hydrogen (secondary N) is 1. The molecule has 2 aromatic carbocycles. The van der Waals surface area contributed by atoms with Gasteiger partial charge >= 0.3 is 5.97 Å². The third-order valence-electron chi connectivity index (χ3n) is 5.07. The molecule has 4 heteroatoms. The van der Waals surface area contributed by atoms with Gasteiger partial charge in [-0.2, -0.15) is 0 Å². The van der Waals surface area contributed by atoms with Crippen LogP contribution in [0.15, 0.2) is 66.7 Å². The smallest absolute Gasteiger partial charge is 0.310 e. The van der Waals surface area contributed by atoms with Crippen LogP contribution in [0.25, 0.3) is 5.57 Å². The molecule has 3 rings (SSSR count). The largest absolute Gasteiger partial charge is 0.481 e. The molecule has 0 bridgehead atoms. The van der Waals surface area contributed by atoms with Crippen LogP contribution >= 0.6 is 12.4 Å². The summed E-state index contributed by atoms with van der Waals surface area (Å²) in [5.74, 6) is -0.672. The van der Waals surface area contributed by atoms with E-state index >= 15 is 0 Å². The fraction of sp³-hybridized carbons (Fsp3) is 0.318. The Labute approximate surface area is 161 Å². The van der Waals surface area contributed by atoms with E-state index in [1.807, 2.05) is 36.4 Å². The van der Waals surface area contributed by atoms with Crippen molar-refractivity contribution in [1.82, 2.24) is 5.32 Å². The highest BCUT2D eigenvalue weighted by molar-refractivity contribution is 5.85. The van der Waals surface area contributed by atoms with Gasteiger partial charge in [-0.3, -0.25) is 4.79 Å². The predicted octanol–water partition coefficient (Wildman–Crippen LogP) is 4.77. The Kier molecular flexibility index (Phi) is 7.43. The van der Waals surface area contributed by atoms with E-state index in [9.17, 15) is 9.90 Å². The standard InChI is InChI=1S/C22H25NO2.ClH/c24-21(25)22(15-8-16-23-17-22)14-7-13-20(18-9-3-1-4-10-18)19-11-5-2-6-12-19;/h1-6,9-13,23H,7-8,14-17H2,(H,24,25);1H. The predicted molar refractivity (Wildman–Crippen MR) is 109 cm³/mol. The molecule has 1 atom stereocenters. The van der Waals surface area contributed by atoms with Crippen LogP contribution in [0.4, 0.5) is 0 Å². The van der Waals surface area contributed by atoms with E-state index in [0.29, 0.717) is 13.0 Å². The Hall–Kier alpha value is -2.10. The number of hydrogen-bond acceptors (Lipinski definition) is 2. The SMILES string of the molecule is Cl.O=C(O)C1(CCC=C(c2ccccc2)c2ccccc2)CCCNC1. The summed E-state index contributed by atoms with van der Waals surface area (Å²) in [6.07, 6.45) is 5.31. The van der Waals surface area contributed by atoms with Crippen LogP contribution in [0.1, 0.15) is 36.8 Å². The van der Waals surface area contributed by atoms with Crippen molar-refractivity contribution >= 4 is 23.9 Å². The molecule has 1 unspecified atom stereocenters. The lowest BCUT2D eigenvalue weighted by Crippen LogP contribution is -2.45. The molecule has 2 N–H and O–H groups in total. The number of rotatable bonds is 6. The van der Waals surface area contributed by atoms with Gasteiger partial charge in [0.1, 0.15) is 0 Å². The topological polar surface area (TPSA) is 49.3 Å². The summed E-state index contributed by atoms with van der Waals surface area (Å²) >= 11 is 0. The first kappa shape index (κ1) is 20.2. The Bertz CT molecular complexity index is 681. The first-order valence-corrected chi connectivity index (χ1v) is 8.96. The average molecular weight is 372 g/mol. The maximum Gasteiger partial charge on any atom is 0.310 e. The molecule has 0 saturated carbocycles. The van der Waals surface area contributed by atoms with Gasteiger partial charge in [-0.1, -0.05) is 66.7 Å². The second-order valence-electron chi connectivity index (χ2n) is 6.75. The fourth-order valence-corrected chi connectivity index (χ4v) is 3.60. The highest BCUT2D eigenvalue weighted by Gasteiger charge is 2.38. The molecule has 1 fully saturated rings. The molecule has 1 saturated heterocycles. The molecule has 138 valence electrons. The highest BCUT2D eigenvalue weighted by atomic mass is 35.5. The van der Waals surface area contributed by atoms with Crippen LogP contribution < -0.4 is 5.32 Å². The van der Waals surface area contributed by atoms with Crippen LogP contribution in [-0.2, 0) is 4.79 Å². The molecule has 1 aliphatic rings. The van der Waals surface area contributed by atoms with Crippen molar-refractivity contribution in [3.63, 3.8) is 0 Å². The number of carboxylic acids is 1. The lowest BCUT2D eigenvalue weighted by atomic mass is 9.76. The number of carbonyl (C=O) groups is 1. The summed E-state index contributed by atoms with van der Waals surface area (Å²) in [5, 5.41) is 13.0. The molecule has 3 nitrogen and oxygen atoms in total. The van der Waals surface area contributed by atoms with Gasteiger partial charge in [0.2, 0.25) is 0 Å². The molecule has 1 heterocycles. The molecule has 26 heavy (non-hydrogen) atoms. The number of benzene rings is 2. The van der Waals surface area contributed by atoms with Gasteiger partial charge < -0.3 is 10.4 Å². The monoisotopic (exact) mass is 371 g/mol. The second-order valence-corrected chi connectivity index (χ2v) is 6.75. The van der Waals surface area contributed by atoms with E-state index in [1.54, 1.807) is 0 Å². The van der Waals surface area contributed by atoms with Crippen LogP contribution in [0.5, 0.6) is 0 Å². The summed E-state index contributed by atoms with van der Waals surface area (Å²) in [6.45, 7) is 1.49. The minimum Gasteiger partial charge on any atom is -0.481 e. The molecular weight excluding hydrogens is 346 g/mol. The number of allylic oxidation sites excluding steroid dienone is 1. The van der Waals surface area contributed by atoms with Crippen molar-refractivity contribution < 1.29 is 9.90 Å². The summed E-state index contributed by atoms with van der Waals surface area (Å²) in [5.41, 5.74) is 2.87. The van der Waals surface area contributed by atoms with Crippen molar-refractivity contribution in [2.24, 2.45) is 5.41 Å². The van der Waals surface area contributed by atoms with Gasteiger partial charge in [-0.15, -0.1) is 12.4 Å². The number of hydrogen-bond donors (Lipinski definition) is 2.